The molecule has 7 heteroatoms. The summed E-state index contributed by atoms with van der Waals surface area (Å²) in [4.78, 5) is 18.7. The van der Waals surface area contributed by atoms with Crippen LogP contribution in [0.2, 0.25) is 0 Å². The topological polar surface area (TPSA) is 66.0 Å². The zero-order chi connectivity index (χ0) is 18.2. The van der Waals surface area contributed by atoms with E-state index in [4.69, 9.17) is 4.74 Å². The van der Waals surface area contributed by atoms with Crippen molar-refractivity contribution in [2.45, 2.75) is 39.8 Å². The summed E-state index contributed by atoms with van der Waals surface area (Å²) in [6.07, 6.45) is 0.950. The molecule has 0 saturated carbocycles. The van der Waals surface area contributed by atoms with E-state index in [-0.39, 0.29) is 41.8 Å². The number of hydrogen-bond donors (Lipinski definition) is 2. The molecule has 1 saturated heterocycles. The summed E-state index contributed by atoms with van der Waals surface area (Å²) >= 11 is 0. The Labute approximate surface area is 173 Å². The summed E-state index contributed by atoms with van der Waals surface area (Å²) in [7, 11) is 1.66. The van der Waals surface area contributed by atoms with Crippen molar-refractivity contribution in [3.63, 3.8) is 0 Å². The summed E-state index contributed by atoms with van der Waals surface area (Å²) in [5.74, 6) is 1.92. The number of likely N-dealkylation sites (tertiary alicyclic amines) is 1. The van der Waals surface area contributed by atoms with E-state index in [1.165, 1.54) is 0 Å². The lowest BCUT2D eigenvalue weighted by molar-refractivity contribution is -0.133. The number of guanidine groups is 1. The summed E-state index contributed by atoms with van der Waals surface area (Å²) in [6.45, 7) is 8.90. The van der Waals surface area contributed by atoms with Crippen molar-refractivity contribution >= 4 is 35.8 Å². The van der Waals surface area contributed by atoms with Crippen LogP contribution >= 0.6 is 24.0 Å². The molecule has 0 aromatic heterocycles. The van der Waals surface area contributed by atoms with Crippen LogP contribution in [0, 0.1) is 5.92 Å². The molecule has 1 unspecified atom stereocenters. The molecule has 6 nitrogen and oxygen atoms in total. The first kappa shape index (κ1) is 22.5. The van der Waals surface area contributed by atoms with Gasteiger partial charge >= 0.3 is 0 Å². The minimum Gasteiger partial charge on any atom is -0.497 e. The first-order chi connectivity index (χ1) is 12.0. The summed E-state index contributed by atoms with van der Waals surface area (Å²) in [6, 6.07) is 8.17. The predicted molar refractivity (Wildman–Crippen MR) is 116 cm³/mol. The van der Waals surface area contributed by atoms with Gasteiger partial charge in [-0.25, -0.2) is 4.99 Å². The van der Waals surface area contributed by atoms with Gasteiger partial charge in [0.1, 0.15) is 5.75 Å². The van der Waals surface area contributed by atoms with Gasteiger partial charge in [0, 0.05) is 31.6 Å². The molecule has 0 bridgehead atoms. The highest BCUT2D eigenvalue weighted by molar-refractivity contribution is 14.0. The maximum atomic E-state index is 12.1. The molecule has 0 spiro atoms. The Bertz CT molecular complexity index is 590. The Kier molecular flexibility index (Phi) is 9.75. The monoisotopic (exact) mass is 474 g/mol. The van der Waals surface area contributed by atoms with Crippen molar-refractivity contribution in [1.29, 1.82) is 0 Å². The molecule has 1 aliphatic heterocycles. The van der Waals surface area contributed by atoms with E-state index in [0.29, 0.717) is 6.54 Å². The van der Waals surface area contributed by atoms with E-state index in [9.17, 15) is 4.79 Å². The number of nitrogens with one attached hydrogen (secondary N) is 2. The fraction of sp³-hybridized carbons (Fsp3) is 0.579. The smallest absolute Gasteiger partial charge is 0.225 e. The summed E-state index contributed by atoms with van der Waals surface area (Å²) < 4.78 is 5.18. The fourth-order valence-electron chi connectivity index (χ4n) is 2.86. The van der Waals surface area contributed by atoms with E-state index in [0.717, 1.165) is 43.3 Å². The standard InChI is InChI=1S/C19H30N4O2.HI/c1-5-20-19(21-12-15-6-8-17(25-4)9-7-15)22-16-10-11-23(13-16)18(24)14(2)3;/h6-9,14,16H,5,10-13H2,1-4H3,(H2,20,21,22);1H. The number of nitrogens with zero attached hydrogens (tertiary/aromatic N) is 2. The lowest BCUT2D eigenvalue weighted by Gasteiger charge is -2.20. The molecular formula is C19H31IN4O2. The lowest BCUT2D eigenvalue weighted by atomic mass is 10.2. The molecule has 1 atom stereocenters. The molecular weight excluding hydrogens is 443 g/mol. The van der Waals surface area contributed by atoms with Crippen LogP contribution < -0.4 is 15.4 Å². The van der Waals surface area contributed by atoms with Crippen molar-refractivity contribution in [3.8, 4) is 5.75 Å². The zero-order valence-electron chi connectivity index (χ0n) is 16.1. The number of carbonyl (C=O) groups is 1. The second kappa shape index (κ2) is 11.3. The average Bonchev–Trinajstić information content (AvgIpc) is 3.08. The largest absolute Gasteiger partial charge is 0.497 e. The normalized spacial score (nSPS) is 17.0. The Morgan fingerprint density at radius 3 is 2.62 bits per heavy atom. The maximum absolute atomic E-state index is 12.1. The SMILES string of the molecule is CCNC(=NCc1ccc(OC)cc1)NC1CCN(C(=O)C(C)C)C1.I. The van der Waals surface area contributed by atoms with Gasteiger partial charge in [0.2, 0.25) is 5.91 Å². The number of aliphatic imine (C=N–C) groups is 1. The Hall–Kier alpha value is -1.51. The van der Waals surface area contributed by atoms with E-state index in [1.54, 1.807) is 7.11 Å². The van der Waals surface area contributed by atoms with Gasteiger partial charge in [0.25, 0.3) is 0 Å². The highest BCUT2D eigenvalue weighted by Gasteiger charge is 2.27. The van der Waals surface area contributed by atoms with Gasteiger partial charge in [-0.2, -0.15) is 0 Å². The molecule has 1 heterocycles. The zero-order valence-corrected chi connectivity index (χ0v) is 18.4. The summed E-state index contributed by atoms with van der Waals surface area (Å²) in [5.41, 5.74) is 1.13. The number of benzene rings is 1. The number of halogens is 1. The fourth-order valence-corrected chi connectivity index (χ4v) is 2.86. The van der Waals surface area contributed by atoms with Crippen LogP contribution in [0.3, 0.4) is 0 Å². The van der Waals surface area contributed by atoms with Crippen molar-refractivity contribution < 1.29 is 9.53 Å². The van der Waals surface area contributed by atoms with E-state index >= 15 is 0 Å². The van der Waals surface area contributed by atoms with Crippen molar-refractivity contribution in [1.82, 2.24) is 15.5 Å². The van der Waals surface area contributed by atoms with Gasteiger partial charge < -0.3 is 20.3 Å². The summed E-state index contributed by atoms with van der Waals surface area (Å²) in [5, 5.41) is 6.73. The van der Waals surface area contributed by atoms with Gasteiger partial charge in [-0.1, -0.05) is 26.0 Å². The molecule has 1 aliphatic rings. The Morgan fingerprint density at radius 1 is 1.35 bits per heavy atom. The second-order valence-electron chi connectivity index (χ2n) is 6.61. The number of rotatable bonds is 6. The minimum absolute atomic E-state index is 0. The Morgan fingerprint density at radius 2 is 2.04 bits per heavy atom. The van der Waals surface area contributed by atoms with Gasteiger partial charge in [-0.05, 0) is 31.0 Å². The number of amides is 1. The molecule has 1 aromatic carbocycles. The van der Waals surface area contributed by atoms with Gasteiger partial charge in [0.05, 0.1) is 13.7 Å². The van der Waals surface area contributed by atoms with E-state index in [1.807, 2.05) is 49.9 Å². The van der Waals surface area contributed by atoms with Crippen LogP contribution in [-0.4, -0.2) is 49.6 Å². The quantitative estimate of drug-likeness (QED) is 0.378. The van der Waals surface area contributed by atoms with Gasteiger partial charge in [-0.15, -0.1) is 24.0 Å². The third kappa shape index (κ3) is 6.66. The molecule has 146 valence electrons. The van der Waals surface area contributed by atoms with E-state index in [2.05, 4.69) is 15.6 Å². The minimum atomic E-state index is 0. The number of carbonyl (C=O) groups excluding carboxylic acids is 1. The highest BCUT2D eigenvalue weighted by Crippen LogP contribution is 2.14. The van der Waals surface area contributed by atoms with Crippen molar-refractivity contribution in [3.05, 3.63) is 29.8 Å². The average molecular weight is 474 g/mol. The van der Waals surface area contributed by atoms with Crippen molar-refractivity contribution in [2.75, 3.05) is 26.7 Å². The van der Waals surface area contributed by atoms with Crippen LogP contribution in [0.1, 0.15) is 32.8 Å². The molecule has 2 rings (SSSR count). The molecule has 1 aromatic rings. The maximum Gasteiger partial charge on any atom is 0.225 e. The van der Waals surface area contributed by atoms with Crippen LogP contribution in [0.15, 0.2) is 29.3 Å². The predicted octanol–water partition coefficient (Wildman–Crippen LogP) is 2.63. The molecule has 2 N–H and O–H groups in total. The van der Waals surface area contributed by atoms with Gasteiger partial charge in [-0.3, -0.25) is 4.79 Å². The van der Waals surface area contributed by atoms with Crippen LogP contribution in [-0.2, 0) is 11.3 Å². The van der Waals surface area contributed by atoms with Crippen molar-refractivity contribution in [2.24, 2.45) is 10.9 Å². The van der Waals surface area contributed by atoms with Crippen LogP contribution in [0.25, 0.3) is 0 Å². The van der Waals surface area contributed by atoms with Crippen LogP contribution in [0.4, 0.5) is 0 Å². The van der Waals surface area contributed by atoms with E-state index < -0.39 is 0 Å². The third-order valence-corrected chi connectivity index (χ3v) is 4.26. The first-order valence-corrected chi connectivity index (χ1v) is 9.00. The molecule has 0 radical (unpaired) electrons. The number of ether oxygens (including phenoxy) is 1. The Balaban J connectivity index is 0.00000338. The molecule has 26 heavy (non-hydrogen) atoms. The third-order valence-electron chi connectivity index (χ3n) is 4.26. The lowest BCUT2D eigenvalue weighted by Crippen LogP contribution is -2.45. The highest BCUT2D eigenvalue weighted by atomic mass is 127. The van der Waals surface area contributed by atoms with Crippen LogP contribution in [0.5, 0.6) is 5.75 Å². The first-order valence-electron chi connectivity index (χ1n) is 9.00. The number of hydrogen-bond acceptors (Lipinski definition) is 3. The molecule has 1 fully saturated rings. The number of methoxy groups -OCH3 is 1. The van der Waals surface area contributed by atoms with Gasteiger partial charge in [0.15, 0.2) is 5.96 Å². The molecule has 1 amide bonds. The second-order valence-corrected chi connectivity index (χ2v) is 6.61. The molecule has 0 aliphatic carbocycles.